The molecule has 0 bridgehead atoms. The highest BCUT2D eigenvalue weighted by Crippen LogP contribution is 2.25. The summed E-state index contributed by atoms with van der Waals surface area (Å²) in [5, 5.41) is 26.3. The van der Waals surface area contributed by atoms with Crippen LogP contribution in [-0.2, 0) is 4.79 Å². The first kappa shape index (κ1) is 11.5. The molecule has 6 heteroatoms. The van der Waals surface area contributed by atoms with E-state index in [1.54, 1.807) is 6.07 Å². The number of hydrogen-bond donors (Lipinski definition) is 3. The van der Waals surface area contributed by atoms with E-state index in [1.807, 2.05) is 0 Å². The average Bonchev–Trinajstić information content (AvgIpc) is 2.18. The standard InChI is InChI=1S/C9H8O5S/c10-7(11)5-3-1-2-4-6(5)15-9(14)8(12)13/h1-4,9,14H,(H,10,11)(H,12,13). The van der Waals surface area contributed by atoms with Crippen molar-refractivity contribution in [1.29, 1.82) is 0 Å². The molecule has 0 aliphatic heterocycles. The van der Waals surface area contributed by atoms with Crippen LogP contribution in [0.5, 0.6) is 0 Å². The Labute approximate surface area is 89.4 Å². The summed E-state index contributed by atoms with van der Waals surface area (Å²) in [4.78, 5) is 21.3. The largest absolute Gasteiger partial charge is 0.479 e. The third-order valence-electron chi connectivity index (χ3n) is 1.57. The summed E-state index contributed by atoms with van der Waals surface area (Å²) in [5.41, 5.74) is -1.69. The number of benzene rings is 1. The number of rotatable bonds is 4. The molecule has 0 fully saturated rings. The fourth-order valence-electron chi connectivity index (χ4n) is 0.917. The third-order valence-corrected chi connectivity index (χ3v) is 2.60. The highest BCUT2D eigenvalue weighted by molar-refractivity contribution is 8.00. The van der Waals surface area contributed by atoms with Gasteiger partial charge in [-0.3, -0.25) is 0 Å². The zero-order valence-corrected chi connectivity index (χ0v) is 8.27. The molecule has 1 aromatic rings. The van der Waals surface area contributed by atoms with E-state index in [4.69, 9.17) is 15.3 Å². The zero-order chi connectivity index (χ0) is 11.4. The van der Waals surface area contributed by atoms with Gasteiger partial charge in [-0.05, 0) is 12.1 Å². The van der Waals surface area contributed by atoms with Gasteiger partial charge in [-0.15, -0.1) is 0 Å². The van der Waals surface area contributed by atoms with E-state index in [0.717, 1.165) is 0 Å². The topological polar surface area (TPSA) is 94.8 Å². The summed E-state index contributed by atoms with van der Waals surface area (Å²) in [7, 11) is 0. The van der Waals surface area contributed by atoms with Crippen LogP contribution >= 0.6 is 11.8 Å². The Morgan fingerprint density at radius 2 is 1.80 bits per heavy atom. The maximum absolute atomic E-state index is 10.7. The molecule has 1 aromatic carbocycles. The number of hydrogen-bond acceptors (Lipinski definition) is 4. The van der Waals surface area contributed by atoms with Crippen molar-refractivity contribution in [3.05, 3.63) is 29.8 Å². The number of carbonyl (C=O) groups is 2. The summed E-state index contributed by atoms with van der Waals surface area (Å²) in [6, 6.07) is 5.89. The van der Waals surface area contributed by atoms with Crippen LogP contribution < -0.4 is 0 Å². The van der Waals surface area contributed by atoms with Crippen molar-refractivity contribution in [2.45, 2.75) is 10.3 Å². The van der Waals surface area contributed by atoms with Gasteiger partial charge in [0.1, 0.15) is 0 Å². The third kappa shape index (κ3) is 2.97. The van der Waals surface area contributed by atoms with Crippen molar-refractivity contribution in [2.24, 2.45) is 0 Å². The van der Waals surface area contributed by atoms with Crippen molar-refractivity contribution >= 4 is 23.7 Å². The maximum atomic E-state index is 10.7. The van der Waals surface area contributed by atoms with E-state index in [9.17, 15) is 9.59 Å². The fraction of sp³-hybridized carbons (Fsp3) is 0.111. The van der Waals surface area contributed by atoms with Gasteiger partial charge in [0, 0.05) is 4.90 Å². The van der Waals surface area contributed by atoms with Crippen LogP contribution in [0.1, 0.15) is 10.4 Å². The van der Waals surface area contributed by atoms with Gasteiger partial charge in [-0.25, -0.2) is 9.59 Å². The zero-order valence-electron chi connectivity index (χ0n) is 7.45. The van der Waals surface area contributed by atoms with Crippen molar-refractivity contribution in [1.82, 2.24) is 0 Å². The highest BCUT2D eigenvalue weighted by atomic mass is 32.2. The van der Waals surface area contributed by atoms with E-state index < -0.39 is 17.4 Å². The summed E-state index contributed by atoms with van der Waals surface area (Å²) in [6.07, 6.45) is 0. The van der Waals surface area contributed by atoms with Gasteiger partial charge in [0.15, 0.2) is 0 Å². The lowest BCUT2D eigenvalue weighted by Gasteiger charge is -2.07. The maximum Gasteiger partial charge on any atom is 0.343 e. The van der Waals surface area contributed by atoms with Crippen molar-refractivity contribution in [3.8, 4) is 0 Å². The van der Waals surface area contributed by atoms with Crippen LogP contribution in [-0.4, -0.2) is 32.7 Å². The van der Waals surface area contributed by atoms with Crippen LogP contribution in [0.15, 0.2) is 29.2 Å². The molecular formula is C9H8O5S. The minimum absolute atomic E-state index is 0.0252. The molecule has 1 unspecified atom stereocenters. The van der Waals surface area contributed by atoms with Gasteiger partial charge in [-0.1, -0.05) is 23.9 Å². The number of aliphatic carboxylic acids is 1. The Kier molecular flexibility index (Phi) is 3.70. The Hall–Kier alpha value is -1.53. The number of aromatic carboxylic acids is 1. The number of aliphatic hydroxyl groups excluding tert-OH is 1. The van der Waals surface area contributed by atoms with Gasteiger partial charge in [0.05, 0.1) is 5.56 Å². The smallest absolute Gasteiger partial charge is 0.343 e. The van der Waals surface area contributed by atoms with E-state index in [2.05, 4.69) is 0 Å². The molecule has 0 amide bonds. The lowest BCUT2D eigenvalue weighted by Crippen LogP contribution is -2.15. The molecule has 80 valence electrons. The number of carboxylic acid groups (broad SMARTS) is 2. The SMILES string of the molecule is O=C(O)c1ccccc1SC(O)C(=O)O. The second-order valence-electron chi connectivity index (χ2n) is 2.61. The van der Waals surface area contributed by atoms with Gasteiger partial charge < -0.3 is 15.3 Å². The van der Waals surface area contributed by atoms with Gasteiger partial charge in [0.2, 0.25) is 5.44 Å². The molecule has 1 atom stereocenters. The van der Waals surface area contributed by atoms with Gasteiger partial charge >= 0.3 is 11.9 Å². The lowest BCUT2D eigenvalue weighted by atomic mass is 10.2. The van der Waals surface area contributed by atoms with Gasteiger partial charge in [0.25, 0.3) is 0 Å². The summed E-state index contributed by atoms with van der Waals surface area (Å²) in [5.74, 6) is -2.56. The first-order valence-electron chi connectivity index (χ1n) is 3.92. The van der Waals surface area contributed by atoms with E-state index >= 15 is 0 Å². The average molecular weight is 228 g/mol. The Morgan fingerprint density at radius 1 is 1.20 bits per heavy atom. The molecule has 0 saturated heterocycles. The van der Waals surface area contributed by atoms with Crippen LogP contribution in [0.4, 0.5) is 0 Å². The molecule has 3 N–H and O–H groups in total. The number of aliphatic hydroxyl groups is 1. The van der Waals surface area contributed by atoms with Crippen molar-refractivity contribution in [3.63, 3.8) is 0 Å². The van der Waals surface area contributed by atoms with Gasteiger partial charge in [-0.2, -0.15) is 0 Å². The van der Waals surface area contributed by atoms with Crippen LogP contribution in [0, 0.1) is 0 Å². The molecule has 0 radical (unpaired) electrons. The Balaban J connectivity index is 2.94. The molecule has 0 aliphatic rings. The second-order valence-corrected chi connectivity index (χ2v) is 3.73. The van der Waals surface area contributed by atoms with Crippen LogP contribution in [0.3, 0.4) is 0 Å². The summed E-state index contributed by atoms with van der Waals surface area (Å²) in [6.45, 7) is 0. The molecule has 5 nitrogen and oxygen atoms in total. The normalized spacial score (nSPS) is 12.1. The Bertz CT molecular complexity index is 390. The minimum Gasteiger partial charge on any atom is -0.479 e. The predicted molar refractivity (Wildman–Crippen MR) is 52.9 cm³/mol. The quantitative estimate of drug-likeness (QED) is 0.523. The van der Waals surface area contributed by atoms with E-state index in [1.165, 1.54) is 18.2 Å². The van der Waals surface area contributed by atoms with E-state index in [0.29, 0.717) is 11.8 Å². The van der Waals surface area contributed by atoms with Crippen LogP contribution in [0.25, 0.3) is 0 Å². The highest BCUT2D eigenvalue weighted by Gasteiger charge is 2.18. The number of thioether (sulfide) groups is 1. The van der Waals surface area contributed by atoms with Crippen molar-refractivity contribution in [2.75, 3.05) is 0 Å². The molecular weight excluding hydrogens is 220 g/mol. The fourth-order valence-corrected chi connectivity index (χ4v) is 1.70. The lowest BCUT2D eigenvalue weighted by molar-refractivity contribution is -0.141. The first-order valence-corrected chi connectivity index (χ1v) is 4.80. The number of carboxylic acids is 2. The molecule has 0 spiro atoms. The molecule has 15 heavy (non-hydrogen) atoms. The summed E-state index contributed by atoms with van der Waals surface area (Å²) < 4.78 is 0. The van der Waals surface area contributed by atoms with Crippen molar-refractivity contribution < 1.29 is 24.9 Å². The molecule has 1 rings (SSSR count). The summed E-state index contributed by atoms with van der Waals surface area (Å²) >= 11 is 0.582. The molecule has 0 aromatic heterocycles. The predicted octanol–water partition coefficient (Wildman–Crippen LogP) is 0.880. The monoisotopic (exact) mass is 228 g/mol. The first-order chi connectivity index (χ1) is 7.02. The Morgan fingerprint density at radius 3 is 2.33 bits per heavy atom. The molecule has 0 saturated carbocycles. The van der Waals surface area contributed by atoms with E-state index in [-0.39, 0.29) is 10.5 Å². The molecule has 0 heterocycles. The second kappa shape index (κ2) is 4.81. The minimum atomic E-state index is -1.66. The molecule has 0 aliphatic carbocycles. The van der Waals surface area contributed by atoms with Crippen LogP contribution in [0.2, 0.25) is 0 Å².